The molecule has 0 radical (unpaired) electrons. The van der Waals surface area contributed by atoms with E-state index in [4.69, 9.17) is 0 Å². The number of aromatic nitrogens is 4. The van der Waals surface area contributed by atoms with E-state index in [-0.39, 0.29) is 0 Å². The molecule has 4 nitrogen and oxygen atoms in total. The molecular weight excluding hydrogens is 260 g/mol. The quantitative estimate of drug-likeness (QED) is 0.739. The van der Waals surface area contributed by atoms with Crippen LogP contribution in [0.2, 0.25) is 0 Å². The molecule has 4 rings (SSSR count). The average Bonchev–Trinajstić information content (AvgIpc) is 3.27. The van der Waals surface area contributed by atoms with E-state index in [1.807, 2.05) is 30.7 Å². The zero-order chi connectivity index (χ0) is 14.1. The van der Waals surface area contributed by atoms with Crippen molar-refractivity contribution >= 4 is 0 Å². The van der Waals surface area contributed by atoms with Crippen LogP contribution in [0.4, 0.5) is 0 Å². The normalized spacial score (nSPS) is 14.9. The van der Waals surface area contributed by atoms with Crippen molar-refractivity contribution in [3.63, 3.8) is 0 Å². The van der Waals surface area contributed by atoms with Crippen molar-refractivity contribution < 1.29 is 0 Å². The molecule has 0 bridgehead atoms. The van der Waals surface area contributed by atoms with Crippen molar-refractivity contribution in [2.24, 2.45) is 0 Å². The summed E-state index contributed by atoms with van der Waals surface area (Å²) < 4.78 is 2.25. The highest BCUT2D eigenvalue weighted by molar-refractivity contribution is 5.75. The van der Waals surface area contributed by atoms with Gasteiger partial charge in [0.1, 0.15) is 5.69 Å². The maximum Gasteiger partial charge on any atom is 0.156 e. The monoisotopic (exact) mass is 276 g/mol. The van der Waals surface area contributed by atoms with Gasteiger partial charge in [0.2, 0.25) is 0 Å². The molecule has 1 aliphatic carbocycles. The fourth-order valence-corrected chi connectivity index (χ4v) is 2.90. The number of rotatable bonds is 3. The van der Waals surface area contributed by atoms with Gasteiger partial charge in [0, 0.05) is 24.0 Å². The first-order chi connectivity index (χ1) is 10.4. The van der Waals surface area contributed by atoms with E-state index >= 15 is 0 Å². The molecule has 1 aromatic carbocycles. The summed E-state index contributed by atoms with van der Waals surface area (Å²) in [6, 6.07) is 10.7. The Bertz CT molecular complexity index is 745. The highest BCUT2D eigenvalue weighted by atomic mass is 15.1. The molecule has 21 heavy (non-hydrogen) atoms. The Morgan fingerprint density at radius 3 is 2.57 bits per heavy atom. The molecular formula is C17H16N4. The summed E-state index contributed by atoms with van der Waals surface area (Å²) in [7, 11) is 0. The Balaban J connectivity index is 1.88. The third kappa shape index (κ3) is 2.09. The van der Waals surface area contributed by atoms with Gasteiger partial charge in [0.15, 0.2) is 5.82 Å². The van der Waals surface area contributed by atoms with Gasteiger partial charge >= 0.3 is 0 Å². The van der Waals surface area contributed by atoms with Gasteiger partial charge < -0.3 is 9.55 Å². The third-order valence-corrected chi connectivity index (χ3v) is 3.94. The van der Waals surface area contributed by atoms with Gasteiger partial charge in [-0.25, -0.2) is 9.97 Å². The van der Waals surface area contributed by atoms with Crippen LogP contribution in [0.15, 0.2) is 61.2 Å². The third-order valence-electron chi connectivity index (χ3n) is 3.94. The predicted molar refractivity (Wildman–Crippen MR) is 82.7 cm³/mol. The van der Waals surface area contributed by atoms with Crippen molar-refractivity contribution in [3.8, 4) is 22.8 Å². The van der Waals surface area contributed by atoms with E-state index in [1.165, 1.54) is 0 Å². The van der Waals surface area contributed by atoms with Crippen LogP contribution < -0.4 is 0 Å². The van der Waals surface area contributed by atoms with Crippen LogP contribution in [0.1, 0.15) is 18.9 Å². The van der Waals surface area contributed by atoms with Crippen molar-refractivity contribution in [2.75, 3.05) is 0 Å². The highest BCUT2D eigenvalue weighted by Crippen LogP contribution is 2.34. The van der Waals surface area contributed by atoms with E-state index in [2.05, 4.69) is 43.8 Å². The molecule has 0 saturated carbocycles. The van der Waals surface area contributed by atoms with E-state index in [0.29, 0.717) is 6.04 Å². The first-order valence-corrected chi connectivity index (χ1v) is 7.20. The number of benzene rings is 1. The van der Waals surface area contributed by atoms with Crippen molar-refractivity contribution in [1.29, 1.82) is 0 Å². The summed E-state index contributed by atoms with van der Waals surface area (Å²) in [6.07, 6.45) is 12.2. The second kappa shape index (κ2) is 5.05. The molecule has 1 aliphatic rings. The smallest absolute Gasteiger partial charge is 0.156 e. The number of allylic oxidation sites excluding steroid dienone is 2. The second-order valence-electron chi connectivity index (χ2n) is 5.25. The molecule has 3 aromatic rings. The summed E-state index contributed by atoms with van der Waals surface area (Å²) in [5, 5.41) is 0. The number of hydrogen-bond donors (Lipinski definition) is 1. The lowest BCUT2D eigenvalue weighted by Gasteiger charge is -2.15. The van der Waals surface area contributed by atoms with E-state index in [0.717, 1.165) is 35.6 Å². The van der Waals surface area contributed by atoms with Crippen molar-refractivity contribution in [3.05, 3.63) is 61.2 Å². The molecule has 104 valence electrons. The number of nitrogens with one attached hydrogen (secondary N) is 1. The summed E-state index contributed by atoms with van der Waals surface area (Å²) in [6.45, 7) is 0. The lowest BCUT2D eigenvalue weighted by atomic mass is 10.1. The fraction of sp³-hybridized carbons (Fsp3) is 0.176. The Labute approximate surface area is 123 Å². The lowest BCUT2D eigenvalue weighted by Crippen LogP contribution is -2.06. The van der Waals surface area contributed by atoms with Crippen LogP contribution in [0.5, 0.6) is 0 Å². The molecule has 2 heterocycles. The topological polar surface area (TPSA) is 46.5 Å². The molecule has 1 N–H and O–H groups in total. The van der Waals surface area contributed by atoms with Gasteiger partial charge in [-0.1, -0.05) is 42.5 Å². The second-order valence-corrected chi connectivity index (χ2v) is 5.25. The Kier molecular flexibility index (Phi) is 2.92. The number of imidazole rings is 2. The zero-order valence-electron chi connectivity index (χ0n) is 11.6. The molecule has 2 aromatic heterocycles. The molecule has 0 aliphatic heterocycles. The standard InChI is InChI=1S/C17H16N4/c1-2-6-13(7-3-1)15-16(17-18-10-11-19-17)21(12-20-15)14-8-4-5-9-14/h1-7,10-12,14H,8-9H2,(H,18,19). The Hall–Kier alpha value is -2.62. The van der Waals surface area contributed by atoms with Crippen LogP contribution in [-0.2, 0) is 0 Å². The van der Waals surface area contributed by atoms with Gasteiger partial charge in [0.25, 0.3) is 0 Å². The number of hydrogen-bond acceptors (Lipinski definition) is 2. The highest BCUT2D eigenvalue weighted by Gasteiger charge is 2.22. The van der Waals surface area contributed by atoms with E-state index < -0.39 is 0 Å². The largest absolute Gasteiger partial charge is 0.343 e. The Morgan fingerprint density at radius 1 is 1.05 bits per heavy atom. The van der Waals surface area contributed by atoms with Gasteiger partial charge in [-0.3, -0.25) is 0 Å². The minimum absolute atomic E-state index is 0.440. The van der Waals surface area contributed by atoms with E-state index in [9.17, 15) is 0 Å². The number of nitrogens with zero attached hydrogens (tertiary/aromatic N) is 3. The maximum atomic E-state index is 4.66. The molecule has 0 amide bonds. The average molecular weight is 276 g/mol. The SMILES string of the molecule is C1=CCC(n2cnc(-c3ccccc3)c2-c2ncc[nH]2)C1. The Morgan fingerprint density at radius 2 is 1.86 bits per heavy atom. The van der Waals surface area contributed by atoms with Crippen LogP contribution in [-0.4, -0.2) is 19.5 Å². The van der Waals surface area contributed by atoms with Crippen LogP contribution in [0.25, 0.3) is 22.8 Å². The minimum atomic E-state index is 0.440. The molecule has 0 spiro atoms. The van der Waals surface area contributed by atoms with Gasteiger partial charge in [-0.15, -0.1) is 0 Å². The van der Waals surface area contributed by atoms with Gasteiger partial charge in [0.05, 0.1) is 12.0 Å². The predicted octanol–water partition coefficient (Wildman–Crippen LogP) is 3.83. The summed E-state index contributed by atoms with van der Waals surface area (Å²) in [5.41, 5.74) is 3.17. The lowest BCUT2D eigenvalue weighted by molar-refractivity contribution is 0.539. The summed E-state index contributed by atoms with van der Waals surface area (Å²) in [5.74, 6) is 0.873. The molecule has 4 heteroatoms. The van der Waals surface area contributed by atoms with Crippen LogP contribution in [0, 0.1) is 0 Å². The molecule has 0 unspecified atom stereocenters. The number of H-pyrrole nitrogens is 1. The molecule has 0 atom stereocenters. The van der Waals surface area contributed by atoms with Crippen LogP contribution in [0.3, 0.4) is 0 Å². The summed E-state index contributed by atoms with van der Waals surface area (Å²) >= 11 is 0. The first-order valence-electron chi connectivity index (χ1n) is 7.20. The van der Waals surface area contributed by atoms with Crippen molar-refractivity contribution in [1.82, 2.24) is 19.5 Å². The van der Waals surface area contributed by atoms with Gasteiger partial charge in [-0.2, -0.15) is 0 Å². The first kappa shape index (κ1) is 12.1. The van der Waals surface area contributed by atoms with Crippen LogP contribution >= 0.6 is 0 Å². The zero-order valence-corrected chi connectivity index (χ0v) is 11.6. The summed E-state index contributed by atoms with van der Waals surface area (Å²) in [4.78, 5) is 12.3. The molecule has 0 fully saturated rings. The minimum Gasteiger partial charge on any atom is -0.343 e. The van der Waals surface area contributed by atoms with E-state index in [1.54, 1.807) is 6.20 Å². The van der Waals surface area contributed by atoms with Crippen molar-refractivity contribution in [2.45, 2.75) is 18.9 Å². The molecule has 0 saturated heterocycles. The maximum absolute atomic E-state index is 4.66. The number of aromatic amines is 1. The fourth-order valence-electron chi connectivity index (χ4n) is 2.90. The van der Waals surface area contributed by atoms with Gasteiger partial charge in [-0.05, 0) is 12.8 Å².